The summed E-state index contributed by atoms with van der Waals surface area (Å²) in [6.45, 7) is 10.5. The van der Waals surface area contributed by atoms with Crippen LogP contribution in [0, 0.1) is 25.7 Å². The number of piperidine rings is 1. The van der Waals surface area contributed by atoms with E-state index in [4.69, 9.17) is 0 Å². The van der Waals surface area contributed by atoms with Crippen LogP contribution in [0.25, 0.3) is 0 Å². The first-order valence-electron chi connectivity index (χ1n) is 7.36. The van der Waals surface area contributed by atoms with Crippen LogP contribution in [0.2, 0.25) is 0 Å². The maximum atomic E-state index is 12.6. The smallest absolute Gasteiger partial charge is 0.254 e. The molecule has 0 bridgehead atoms. The van der Waals surface area contributed by atoms with E-state index in [1.807, 2.05) is 24.0 Å². The highest BCUT2D eigenvalue weighted by molar-refractivity contribution is 5.96. The van der Waals surface area contributed by atoms with Crippen molar-refractivity contribution >= 4 is 5.91 Å². The highest BCUT2D eigenvalue weighted by Gasteiger charge is 2.25. The Hall–Kier alpha value is -1.31. The second kappa shape index (κ2) is 5.77. The Bertz CT molecular complexity index is 456. The molecule has 0 N–H and O–H groups in total. The quantitative estimate of drug-likeness (QED) is 0.791. The lowest BCUT2D eigenvalue weighted by Crippen LogP contribution is -2.39. The average Bonchev–Trinajstić information content (AvgIpc) is 2.41. The van der Waals surface area contributed by atoms with E-state index in [0.717, 1.165) is 48.9 Å². The van der Waals surface area contributed by atoms with Crippen molar-refractivity contribution in [1.29, 1.82) is 0 Å². The van der Waals surface area contributed by atoms with Gasteiger partial charge in [0.1, 0.15) is 0 Å². The fourth-order valence-electron chi connectivity index (χ4n) is 2.92. The summed E-state index contributed by atoms with van der Waals surface area (Å²) in [6.07, 6.45) is 2.29. The van der Waals surface area contributed by atoms with Crippen molar-refractivity contribution in [1.82, 2.24) is 4.90 Å². The zero-order valence-electron chi connectivity index (χ0n) is 12.6. The molecule has 1 aliphatic heterocycles. The number of hydrogen-bond donors (Lipinski definition) is 0. The van der Waals surface area contributed by atoms with Crippen LogP contribution in [0.4, 0.5) is 0 Å². The van der Waals surface area contributed by atoms with E-state index in [1.165, 1.54) is 5.56 Å². The first-order chi connectivity index (χ1) is 9.00. The zero-order chi connectivity index (χ0) is 14.0. The van der Waals surface area contributed by atoms with Crippen molar-refractivity contribution in [3.63, 3.8) is 0 Å². The van der Waals surface area contributed by atoms with Crippen LogP contribution in [0.5, 0.6) is 0 Å². The number of rotatable bonds is 2. The first-order valence-corrected chi connectivity index (χ1v) is 7.36. The molecule has 0 aliphatic carbocycles. The van der Waals surface area contributed by atoms with E-state index < -0.39 is 0 Å². The lowest BCUT2D eigenvalue weighted by atomic mass is 9.86. The van der Waals surface area contributed by atoms with Crippen LogP contribution in [0.1, 0.15) is 48.2 Å². The fraction of sp³-hybridized carbons (Fsp3) is 0.588. The molecule has 0 saturated carbocycles. The number of likely N-dealkylation sites (tertiary alicyclic amines) is 1. The van der Waals surface area contributed by atoms with Crippen LogP contribution < -0.4 is 0 Å². The van der Waals surface area contributed by atoms with Crippen molar-refractivity contribution in [3.8, 4) is 0 Å². The molecule has 1 aromatic carbocycles. The van der Waals surface area contributed by atoms with Gasteiger partial charge in [-0.3, -0.25) is 4.79 Å². The molecule has 0 radical (unpaired) electrons. The van der Waals surface area contributed by atoms with Crippen LogP contribution in [-0.4, -0.2) is 23.9 Å². The number of hydrogen-bond acceptors (Lipinski definition) is 1. The summed E-state index contributed by atoms with van der Waals surface area (Å²) in [6, 6.07) is 6.01. The van der Waals surface area contributed by atoms with Crippen LogP contribution >= 0.6 is 0 Å². The van der Waals surface area contributed by atoms with Gasteiger partial charge in [-0.05, 0) is 55.7 Å². The maximum Gasteiger partial charge on any atom is 0.254 e. The molecule has 1 amide bonds. The lowest BCUT2D eigenvalue weighted by Gasteiger charge is -2.34. The van der Waals surface area contributed by atoms with Crippen molar-refractivity contribution < 1.29 is 4.79 Å². The summed E-state index contributed by atoms with van der Waals surface area (Å²) >= 11 is 0. The van der Waals surface area contributed by atoms with Gasteiger partial charge >= 0.3 is 0 Å². The van der Waals surface area contributed by atoms with Gasteiger partial charge in [-0.25, -0.2) is 0 Å². The van der Waals surface area contributed by atoms with Crippen molar-refractivity contribution in [2.45, 2.75) is 40.5 Å². The third-order valence-corrected chi connectivity index (χ3v) is 4.60. The predicted molar refractivity (Wildman–Crippen MR) is 79.4 cm³/mol. The SMILES string of the molecule is Cc1cccc(C(=O)N2CCC(C(C)C)CC2)c1C. The monoisotopic (exact) mass is 259 g/mol. The molecule has 2 heteroatoms. The molecule has 1 aliphatic rings. The van der Waals surface area contributed by atoms with Crippen LogP contribution in [-0.2, 0) is 0 Å². The highest BCUT2D eigenvalue weighted by Crippen LogP contribution is 2.26. The molecule has 2 nitrogen and oxygen atoms in total. The summed E-state index contributed by atoms with van der Waals surface area (Å²) in [5, 5.41) is 0. The van der Waals surface area contributed by atoms with Gasteiger partial charge in [0.2, 0.25) is 0 Å². The van der Waals surface area contributed by atoms with E-state index in [-0.39, 0.29) is 5.91 Å². The molecule has 1 aromatic rings. The number of nitrogens with zero attached hydrogens (tertiary/aromatic N) is 1. The van der Waals surface area contributed by atoms with Gasteiger partial charge in [0.25, 0.3) is 5.91 Å². The Labute approximate surface area is 116 Å². The summed E-state index contributed by atoms with van der Waals surface area (Å²) in [4.78, 5) is 14.6. The van der Waals surface area contributed by atoms with E-state index >= 15 is 0 Å². The summed E-state index contributed by atoms with van der Waals surface area (Å²) in [7, 11) is 0. The molecule has 0 unspecified atom stereocenters. The molecular weight excluding hydrogens is 234 g/mol. The largest absolute Gasteiger partial charge is 0.339 e. The van der Waals surface area contributed by atoms with Crippen molar-refractivity contribution in [2.75, 3.05) is 13.1 Å². The molecule has 0 spiro atoms. The van der Waals surface area contributed by atoms with E-state index in [9.17, 15) is 4.79 Å². The molecule has 104 valence electrons. The number of carbonyl (C=O) groups is 1. The topological polar surface area (TPSA) is 20.3 Å². The molecule has 2 rings (SSSR count). The average molecular weight is 259 g/mol. The predicted octanol–water partition coefficient (Wildman–Crippen LogP) is 3.81. The van der Waals surface area contributed by atoms with Crippen LogP contribution in [0.3, 0.4) is 0 Å². The Balaban J connectivity index is 2.07. The standard InChI is InChI=1S/C17H25NO/c1-12(2)15-8-10-18(11-9-15)17(19)16-7-5-6-13(3)14(16)4/h5-7,12,15H,8-11H2,1-4H3. The first kappa shape index (κ1) is 14.1. The van der Waals surface area contributed by atoms with Gasteiger partial charge in [0, 0.05) is 18.7 Å². The van der Waals surface area contributed by atoms with Gasteiger partial charge < -0.3 is 4.90 Å². The maximum absolute atomic E-state index is 12.6. The van der Waals surface area contributed by atoms with Gasteiger partial charge in [-0.1, -0.05) is 26.0 Å². The summed E-state index contributed by atoms with van der Waals surface area (Å²) in [5.74, 6) is 1.73. The molecule has 19 heavy (non-hydrogen) atoms. The number of benzene rings is 1. The van der Waals surface area contributed by atoms with Gasteiger partial charge in [0.05, 0.1) is 0 Å². The Kier molecular flexibility index (Phi) is 4.28. The minimum atomic E-state index is 0.211. The zero-order valence-corrected chi connectivity index (χ0v) is 12.6. The third kappa shape index (κ3) is 2.99. The third-order valence-electron chi connectivity index (χ3n) is 4.60. The Morgan fingerprint density at radius 2 is 1.84 bits per heavy atom. The minimum absolute atomic E-state index is 0.211. The Morgan fingerprint density at radius 3 is 2.42 bits per heavy atom. The second-order valence-electron chi connectivity index (χ2n) is 6.12. The minimum Gasteiger partial charge on any atom is -0.339 e. The highest BCUT2D eigenvalue weighted by atomic mass is 16.2. The van der Waals surface area contributed by atoms with Gasteiger partial charge in [0.15, 0.2) is 0 Å². The van der Waals surface area contributed by atoms with Crippen molar-refractivity contribution in [3.05, 3.63) is 34.9 Å². The Morgan fingerprint density at radius 1 is 1.21 bits per heavy atom. The van der Waals surface area contributed by atoms with E-state index in [1.54, 1.807) is 0 Å². The molecule has 1 saturated heterocycles. The molecule has 0 aromatic heterocycles. The van der Waals surface area contributed by atoms with E-state index in [2.05, 4.69) is 26.8 Å². The van der Waals surface area contributed by atoms with E-state index in [0.29, 0.717) is 0 Å². The molecular formula is C17H25NO. The second-order valence-corrected chi connectivity index (χ2v) is 6.12. The van der Waals surface area contributed by atoms with Crippen LogP contribution in [0.15, 0.2) is 18.2 Å². The number of aryl methyl sites for hydroxylation is 1. The fourth-order valence-corrected chi connectivity index (χ4v) is 2.92. The van der Waals surface area contributed by atoms with Crippen molar-refractivity contribution in [2.24, 2.45) is 11.8 Å². The number of carbonyl (C=O) groups excluding carboxylic acids is 1. The number of amides is 1. The molecule has 1 fully saturated rings. The normalized spacial score (nSPS) is 17.0. The molecule has 0 atom stereocenters. The summed E-state index contributed by atoms with van der Waals surface area (Å²) < 4.78 is 0. The molecule has 1 heterocycles. The van der Waals surface area contributed by atoms with Gasteiger partial charge in [-0.2, -0.15) is 0 Å². The summed E-state index contributed by atoms with van der Waals surface area (Å²) in [5.41, 5.74) is 3.20. The lowest BCUT2D eigenvalue weighted by molar-refractivity contribution is 0.0667. The van der Waals surface area contributed by atoms with Gasteiger partial charge in [-0.15, -0.1) is 0 Å².